The Bertz CT molecular complexity index is 586. The molecule has 0 aliphatic carbocycles. The van der Waals surface area contributed by atoms with Gasteiger partial charge in [0.2, 0.25) is 11.8 Å². The molecule has 19 heavy (non-hydrogen) atoms. The summed E-state index contributed by atoms with van der Waals surface area (Å²) in [6.07, 6.45) is 0. The third-order valence-corrected chi connectivity index (χ3v) is 2.86. The van der Waals surface area contributed by atoms with Gasteiger partial charge in [0.1, 0.15) is 0 Å². The molecule has 1 heterocycles. The van der Waals surface area contributed by atoms with Gasteiger partial charge in [-0.3, -0.25) is 9.59 Å². The first kappa shape index (κ1) is 16.0. The van der Waals surface area contributed by atoms with E-state index in [-0.39, 0.29) is 44.5 Å². The summed E-state index contributed by atoms with van der Waals surface area (Å²) in [6, 6.07) is 10.8. The van der Waals surface area contributed by atoms with Gasteiger partial charge in [-0.05, 0) is 17.5 Å². The van der Waals surface area contributed by atoms with E-state index in [2.05, 4.69) is 14.0 Å². The van der Waals surface area contributed by atoms with Crippen molar-refractivity contribution in [3.05, 3.63) is 61.5 Å². The van der Waals surface area contributed by atoms with Gasteiger partial charge in [0.15, 0.2) is 0 Å². The van der Waals surface area contributed by atoms with E-state index in [9.17, 15) is 9.59 Å². The second-order valence-electron chi connectivity index (χ2n) is 3.75. The maximum absolute atomic E-state index is 11.9. The van der Waals surface area contributed by atoms with Crippen molar-refractivity contribution < 1.29 is 42.3 Å². The van der Waals surface area contributed by atoms with Crippen LogP contribution in [0.15, 0.2) is 36.4 Å². The van der Waals surface area contributed by atoms with Crippen molar-refractivity contribution in [1.82, 2.24) is 4.90 Å². The molecular weight excluding hydrogens is 315 g/mol. The number of rotatable bonds is 0. The first-order valence-corrected chi connectivity index (χ1v) is 5.62. The molecule has 0 aromatic heterocycles. The summed E-state index contributed by atoms with van der Waals surface area (Å²) in [4.78, 5) is 24.6. The molecular formula is C15H13NO2Y-2. The Morgan fingerprint density at radius 1 is 0.895 bits per heavy atom. The van der Waals surface area contributed by atoms with E-state index in [1.54, 1.807) is 19.1 Å². The van der Waals surface area contributed by atoms with Crippen molar-refractivity contribution in [3.8, 4) is 0 Å². The monoisotopic (exact) mass is 328 g/mol. The van der Waals surface area contributed by atoms with Crippen LogP contribution in [0.1, 0.15) is 27.6 Å². The zero-order chi connectivity index (χ0) is 13.3. The predicted octanol–water partition coefficient (Wildman–Crippen LogP) is 3.07. The van der Waals surface area contributed by atoms with Crippen LogP contribution in [0.2, 0.25) is 0 Å². The first-order chi connectivity index (χ1) is 8.70. The average Bonchev–Trinajstić information content (AvgIpc) is 2.44. The maximum Gasteiger partial charge on any atom is 0.231 e. The predicted molar refractivity (Wildman–Crippen MR) is 70.8 cm³/mol. The van der Waals surface area contributed by atoms with Crippen LogP contribution in [0.4, 0.5) is 0 Å². The Kier molecular flexibility index (Phi) is 5.39. The van der Waals surface area contributed by atoms with E-state index in [1.165, 1.54) is 0 Å². The normalized spacial score (nSPS) is 12.7. The van der Waals surface area contributed by atoms with E-state index < -0.39 is 0 Å². The Hall–Kier alpha value is -1.06. The summed E-state index contributed by atoms with van der Waals surface area (Å²) in [5.41, 5.74) is 1.09. The quantitative estimate of drug-likeness (QED) is 0.551. The SMILES string of the molecule is [CH2-]C.[CH2-]N1C(=O)c2cccc3cccc(c23)C1=O.[Y]. The minimum absolute atomic E-state index is 0. The molecule has 4 heteroatoms. The van der Waals surface area contributed by atoms with Gasteiger partial charge in [0, 0.05) is 49.2 Å². The van der Waals surface area contributed by atoms with Crippen molar-refractivity contribution >= 4 is 22.6 Å². The van der Waals surface area contributed by atoms with E-state index in [1.807, 2.05) is 24.3 Å². The molecule has 1 radical (unpaired) electrons. The molecule has 95 valence electrons. The Morgan fingerprint density at radius 3 is 1.74 bits per heavy atom. The van der Waals surface area contributed by atoms with E-state index in [0.717, 1.165) is 15.7 Å². The summed E-state index contributed by atoms with van der Waals surface area (Å²) in [5, 5.41) is 1.64. The molecule has 0 saturated heterocycles. The number of carbonyl (C=O) groups is 2. The van der Waals surface area contributed by atoms with Gasteiger partial charge in [-0.2, -0.15) is 6.92 Å². The zero-order valence-corrected chi connectivity index (χ0v) is 13.6. The molecule has 1 aliphatic heterocycles. The second kappa shape index (κ2) is 6.40. The summed E-state index contributed by atoms with van der Waals surface area (Å²) in [7, 11) is 3.48. The fraction of sp³-hybridized carbons (Fsp3) is 0.0667. The molecule has 0 atom stereocenters. The average molecular weight is 328 g/mol. The largest absolute Gasteiger partial charge is 0.430 e. The van der Waals surface area contributed by atoms with E-state index >= 15 is 0 Å². The molecule has 2 aromatic carbocycles. The molecule has 0 N–H and O–H groups in total. The zero-order valence-electron chi connectivity index (χ0n) is 10.7. The number of amides is 2. The molecule has 3 rings (SSSR count). The van der Waals surface area contributed by atoms with Crippen LogP contribution < -0.4 is 0 Å². The first-order valence-electron chi connectivity index (χ1n) is 5.62. The number of nitrogens with zero attached hydrogens (tertiary/aromatic N) is 1. The summed E-state index contributed by atoms with van der Waals surface area (Å²) in [5.74, 6) is -0.677. The number of carbonyl (C=O) groups excluding carboxylic acids is 2. The van der Waals surface area contributed by atoms with Crippen molar-refractivity contribution in [2.45, 2.75) is 6.92 Å². The van der Waals surface area contributed by atoms with Crippen LogP contribution in [0.5, 0.6) is 0 Å². The van der Waals surface area contributed by atoms with Crippen LogP contribution in [0.25, 0.3) is 10.8 Å². The fourth-order valence-corrected chi connectivity index (χ4v) is 2.08. The molecule has 3 nitrogen and oxygen atoms in total. The fourth-order valence-electron chi connectivity index (χ4n) is 2.08. The van der Waals surface area contributed by atoms with Crippen molar-refractivity contribution in [2.24, 2.45) is 0 Å². The molecule has 0 unspecified atom stereocenters. The third kappa shape index (κ3) is 2.49. The topological polar surface area (TPSA) is 37.4 Å². The van der Waals surface area contributed by atoms with Crippen LogP contribution in [0, 0.1) is 14.0 Å². The number of benzene rings is 2. The van der Waals surface area contributed by atoms with E-state index in [0.29, 0.717) is 11.1 Å². The number of hydrogen-bond donors (Lipinski definition) is 0. The van der Waals surface area contributed by atoms with Gasteiger partial charge in [0.25, 0.3) is 0 Å². The summed E-state index contributed by atoms with van der Waals surface area (Å²) in [6.45, 7) is 5.00. The van der Waals surface area contributed by atoms with Crippen LogP contribution in [-0.4, -0.2) is 16.7 Å². The summed E-state index contributed by atoms with van der Waals surface area (Å²) < 4.78 is 0. The van der Waals surface area contributed by atoms with Crippen molar-refractivity contribution in [2.75, 3.05) is 0 Å². The second-order valence-corrected chi connectivity index (χ2v) is 3.75. The Labute approximate surface area is 137 Å². The molecule has 2 aromatic rings. The minimum Gasteiger partial charge on any atom is -0.430 e. The van der Waals surface area contributed by atoms with Gasteiger partial charge in [-0.25, -0.2) is 7.05 Å². The van der Waals surface area contributed by atoms with Gasteiger partial charge in [-0.1, -0.05) is 24.3 Å². The van der Waals surface area contributed by atoms with Gasteiger partial charge in [-0.15, -0.1) is 0 Å². The molecule has 2 amide bonds. The van der Waals surface area contributed by atoms with Crippen LogP contribution >= 0.6 is 0 Å². The number of imide groups is 1. The molecule has 0 saturated carbocycles. The minimum atomic E-state index is -0.339. The van der Waals surface area contributed by atoms with Gasteiger partial charge in [0.05, 0.1) is 0 Å². The maximum atomic E-state index is 11.9. The van der Waals surface area contributed by atoms with E-state index in [4.69, 9.17) is 0 Å². The van der Waals surface area contributed by atoms with Crippen molar-refractivity contribution in [3.63, 3.8) is 0 Å². The molecule has 0 fully saturated rings. The van der Waals surface area contributed by atoms with Crippen molar-refractivity contribution in [1.29, 1.82) is 0 Å². The van der Waals surface area contributed by atoms with Gasteiger partial charge < -0.3 is 11.8 Å². The Balaban J connectivity index is 0.000000576. The van der Waals surface area contributed by atoms with Crippen LogP contribution in [0.3, 0.4) is 0 Å². The Morgan fingerprint density at radius 2 is 1.32 bits per heavy atom. The molecule has 1 aliphatic rings. The molecule has 0 spiro atoms. The van der Waals surface area contributed by atoms with Crippen LogP contribution in [-0.2, 0) is 32.7 Å². The third-order valence-electron chi connectivity index (χ3n) is 2.86. The molecule has 0 bridgehead atoms. The standard InChI is InChI=1S/C13H8NO2.C2H5.Y/c1-14-12(15)9-6-2-4-8-5-3-7-10(11(8)9)13(14)16;1-2;/h2-7H,1H2;1H2,2H3;/q2*-1;. The summed E-state index contributed by atoms with van der Waals surface area (Å²) >= 11 is 0. The van der Waals surface area contributed by atoms with Gasteiger partial charge >= 0.3 is 0 Å². The number of hydrogen-bond acceptors (Lipinski definition) is 2. The smallest absolute Gasteiger partial charge is 0.231 e.